The average molecular weight is 537 g/mol. The van der Waals surface area contributed by atoms with E-state index in [2.05, 4.69) is 0 Å². The van der Waals surface area contributed by atoms with Gasteiger partial charge in [-0.3, -0.25) is 0 Å². The van der Waals surface area contributed by atoms with E-state index in [4.69, 9.17) is 0 Å². The lowest BCUT2D eigenvalue weighted by atomic mass is 9.76. The van der Waals surface area contributed by atoms with Gasteiger partial charge in [0.1, 0.15) is 10.8 Å². The highest BCUT2D eigenvalue weighted by Crippen LogP contribution is 2.52. The predicted octanol–water partition coefficient (Wildman–Crippen LogP) is 9.82. The van der Waals surface area contributed by atoms with Gasteiger partial charge in [0, 0.05) is 6.92 Å². The number of benzene rings is 1. The molecule has 0 N–H and O–H groups in total. The molecule has 1 atom stereocenters. The molecule has 8 heteroatoms. The number of rotatable bonds is 7. The number of hydrogen-bond acceptors (Lipinski definition) is 1. The first-order chi connectivity index (χ1) is 16.9. The fourth-order valence-electron chi connectivity index (χ4n) is 6.52. The minimum atomic E-state index is -5.74. The normalized spacial score (nSPS) is 23.1. The molecule has 3 fully saturated rings. The molecule has 1 unspecified atom stereocenters. The Hall–Kier alpha value is -1.05. The molecule has 1 aromatic rings. The van der Waals surface area contributed by atoms with E-state index in [0.29, 0.717) is 36.8 Å². The average Bonchev–Trinajstić information content (AvgIpc) is 2.88. The Labute approximate surface area is 213 Å². The molecule has 3 aliphatic carbocycles. The van der Waals surface area contributed by atoms with Gasteiger partial charge < -0.3 is 0 Å². The third-order valence-corrected chi connectivity index (χ3v) is 10.2. The fourth-order valence-corrected chi connectivity index (χ4v) is 8.07. The van der Waals surface area contributed by atoms with Crippen LogP contribution in [0.2, 0.25) is 0 Å². The van der Waals surface area contributed by atoms with Crippen LogP contribution in [0.3, 0.4) is 0 Å². The second-order valence-electron chi connectivity index (χ2n) is 11.3. The first-order valence-electron chi connectivity index (χ1n) is 13.7. The van der Waals surface area contributed by atoms with Crippen molar-refractivity contribution in [3.8, 4) is 0 Å². The van der Waals surface area contributed by atoms with E-state index in [1.54, 1.807) is 0 Å². The van der Waals surface area contributed by atoms with Crippen LogP contribution in [0.1, 0.15) is 138 Å². The van der Waals surface area contributed by atoms with Crippen molar-refractivity contribution in [3.05, 3.63) is 28.8 Å². The van der Waals surface area contributed by atoms with Gasteiger partial charge in [-0.1, -0.05) is 69.9 Å². The molecule has 0 bridgehead atoms. The van der Waals surface area contributed by atoms with Gasteiger partial charge in [0.15, 0.2) is 0 Å². The largest absolute Gasteiger partial charge is 0.393 e. The summed E-state index contributed by atoms with van der Waals surface area (Å²) in [5.74, 6) is -10.8. The van der Waals surface area contributed by atoms with E-state index in [0.717, 1.165) is 76.2 Å². The van der Waals surface area contributed by atoms with Crippen LogP contribution >= 0.6 is 0 Å². The molecule has 0 aliphatic heterocycles. The maximum absolute atomic E-state index is 15.2. The Kier molecular flexibility index (Phi) is 8.53. The van der Waals surface area contributed by atoms with Crippen molar-refractivity contribution in [3.63, 3.8) is 0 Å². The van der Waals surface area contributed by atoms with Crippen molar-refractivity contribution in [2.45, 2.75) is 143 Å². The second-order valence-corrected chi connectivity index (χ2v) is 12.7. The second kappa shape index (κ2) is 11.0. The molecule has 0 heterocycles. The first-order valence-corrected chi connectivity index (χ1v) is 14.8. The molecular weight excluding hydrogens is 498 g/mol. The first kappa shape index (κ1) is 28.0. The Balaban J connectivity index is 1.90. The van der Waals surface area contributed by atoms with Gasteiger partial charge in [0.25, 0.3) is 0 Å². The van der Waals surface area contributed by atoms with E-state index in [1.165, 1.54) is 0 Å². The summed E-state index contributed by atoms with van der Waals surface area (Å²) < 4.78 is 100. The van der Waals surface area contributed by atoms with Crippen LogP contribution in [0.15, 0.2) is 17.0 Å². The van der Waals surface area contributed by atoms with Gasteiger partial charge in [0.05, 0.1) is 4.90 Å². The lowest BCUT2D eigenvalue weighted by Crippen LogP contribution is -2.55. The maximum Gasteiger partial charge on any atom is 0.393 e. The molecule has 4 rings (SSSR count). The minimum Gasteiger partial charge on any atom is -0.248 e. The van der Waals surface area contributed by atoms with Gasteiger partial charge in [-0.25, -0.2) is 4.21 Å². The summed E-state index contributed by atoms with van der Waals surface area (Å²) in [5, 5.41) is -5.40. The number of halogens is 6. The van der Waals surface area contributed by atoms with Crippen molar-refractivity contribution in [1.82, 2.24) is 0 Å². The number of alkyl halides is 6. The zero-order valence-corrected chi connectivity index (χ0v) is 21.9. The van der Waals surface area contributed by atoms with Crippen molar-refractivity contribution in [2.24, 2.45) is 0 Å². The van der Waals surface area contributed by atoms with Crippen molar-refractivity contribution < 1.29 is 30.6 Å². The van der Waals surface area contributed by atoms with Gasteiger partial charge >= 0.3 is 17.1 Å². The molecule has 36 heavy (non-hydrogen) atoms. The van der Waals surface area contributed by atoms with Gasteiger partial charge in [0.2, 0.25) is 0 Å². The molecule has 3 aliphatic rings. The summed E-state index contributed by atoms with van der Waals surface area (Å²) in [7, 11) is -3.61. The monoisotopic (exact) mass is 536 g/mol. The van der Waals surface area contributed by atoms with Crippen LogP contribution in [0, 0.1) is 0 Å². The molecule has 204 valence electrons. The van der Waals surface area contributed by atoms with Crippen molar-refractivity contribution in [2.75, 3.05) is 0 Å². The fraction of sp³-hybridized carbons (Fsp3) is 0.786. The highest BCUT2D eigenvalue weighted by Gasteiger charge is 2.72. The van der Waals surface area contributed by atoms with Crippen LogP contribution < -0.4 is 0 Å². The highest BCUT2D eigenvalue weighted by atomic mass is 32.2. The van der Waals surface area contributed by atoms with E-state index in [9.17, 15) is 21.8 Å². The summed E-state index contributed by atoms with van der Waals surface area (Å²) in [6, 6.07) is 3.67. The van der Waals surface area contributed by atoms with Gasteiger partial charge in [-0.15, -0.1) is 0 Å². The number of hydrogen-bond donors (Lipinski definition) is 0. The quantitative estimate of drug-likeness (QED) is 0.317. The van der Waals surface area contributed by atoms with E-state index in [-0.39, 0.29) is 29.6 Å². The Morgan fingerprint density at radius 3 is 1.36 bits per heavy atom. The molecule has 0 saturated heterocycles. The standard InChI is InChI=1S/C28H38F6OS/c1-26(29,30)27(31,32)28(33,34)36(35)25-23(20-13-7-3-8-14-20)17-22(19-11-5-2-6-12-19)18-24(25)21-15-9-4-10-16-21/h17-21H,2-16H2,1H3. The van der Waals surface area contributed by atoms with Gasteiger partial charge in [-0.2, -0.15) is 26.3 Å². The third-order valence-electron chi connectivity index (χ3n) is 8.67. The molecule has 1 aromatic carbocycles. The van der Waals surface area contributed by atoms with Gasteiger partial charge in [-0.05, 0) is 73.0 Å². The Morgan fingerprint density at radius 1 is 0.639 bits per heavy atom. The van der Waals surface area contributed by atoms with Crippen LogP contribution in [0.4, 0.5) is 26.3 Å². The summed E-state index contributed by atoms with van der Waals surface area (Å²) in [5.41, 5.74) is 1.92. The third kappa shape index (κ3) is 5.40. The summed E-state index contributed by atoms with van der Waals surface area (Å²) >= 11 is 0. The smallest absolute Gasteiger partial charge is 0.248 e. The van der Waals surface area contributed by atoms with Crippen LogP contribution in [0.25, 0.3) is 0 Å². The lowest BCUT2D eigenvalue weighted by molar-refractivity contribution is -0.270. The SMILES string of the molecule is CC(F)(F)C(F)(F)C(F)(F)S(=O)c1c(C2CCCCC2)cc(C2CCCCC2)cc1C1CCCCC1. The maximum atomic E-state index is 15.2. The summed E-state index contributed by atoms with van der Waals surface area (Å²) in [6.45, 7) is -0.228. The predicted molar refractivity (Wildman–Crippen MR) is 131 cm³/mol. The van der Waals surface area contributed by atoms with Crippen LogP contribution in [-0.2, 0) is 10.8 Å². The summed E-state index contributed by atoms with van der Waals surface area (Å²) in [4.78, 5) is -0.276. The lowest BCUT2D eigenvalue weighted by Gasteiger charge is -2.35. The van der Waals surface area contributed by atoms with Crippen molar-refractivity contribution in [1.29, 1.82) is 0 Å². The molecule has 3 saturated carbocycles. The van der Waals surface area contributed by atoms with E-state index >= 15 is 8.78 Å². The zero-order valence-electron chi connectivity index (χ0n) is 21.1. The Morgan fingerprint density at radius 2 is 1.00 bits per heavy atom. The molecule has 0 aromatic heterocycles. The summed E-state index contributed by atoms with van der Waals surface area (Å²) in [6.07, 6.45) is 13.6. The highest BCUT2D eigenvalue weighted by molar-refractivity contribution is 7.86. The van der Waals surface area contributed by atoms with Crippen LogP contribution in [-0.4, -0.2) is 21.3 Å². The molecule has 0 radical (unpaired) electrons. The minimum absolute atomic E-state index is 0.171. The topological polar surface area (TPSA) is 17.1 Å². The molecule has 0 amide bonds. The molecule has 1 nitrogen and oxygen atoms in total. The van der Waals surface area contributed by atoms with Crippen LogP contribution in [0.5, 0.6) is 0 Å². The Bertz CT molecular complexity index is 883. The molecule has 0 spiro atoms. The molecular formula is C28H38F6OS. The van der Waals surface area contributed by atoms with Crippen molar-refractivity contribution >= 4 is 10.8 Å². The van der Waals surface area contributed by atoms with E-state index < -0.39 is 27.9 Å². The van der Waals surface area contributed by atoms with E-state index in [1.807, 2.05) is 12.1 Å². The zero-order chi connectivity index (χ0) is 26.1.